The van der Waals surface area contributed by atoms with Crippen LogP contribution >= 0.6 is 0 Å². The number of hydrogen-bond acceptors (Lipinski definition) is 5. The summed E-state index contributed by atoms with van der Waals surface area (Å²) in [5.74, 6) is -1.04. The summed E-state index contributed by atoms with van der Waals surface area (Å²) in [6.45, 7) is -0.970. The second-order valence-corrected chi connectivity index (χ2v) is 3.13. The lowest BCUT2D eigenvalue weighted by atomic mass is 9.92. The summed E-state index contributed by atoms with van der Waals surface area (Å²) in [4.78, 5) is 10.3. The van der Waals surface area contributed by atoms with E-state index in [1.165, 1.54) is 0 Å². The van der Waals surface area contributed by atoms with Crippen LogP contribution < -0.4 is 5.32 Å². The van der Waals surface area contributed by atoms with E-state index in [1.807, 2.05) is 0 Å². The second-order valence-electron chi connectivity index (χ2n) is 3.13. The Morgan fingerprint density at radius 2 is 1.64 bits per heavy atom. The zero-order chi connectivity index (χ0) is 11.0. The molecule has 0 radical (unpaired) electrons. The lowest BCUT2D eigenvalue weighted by molar-refractivity contribution is -0.136. The summed E-state index contributed by atoms with van der Waals surface area (Å²) >= 11 is 0. The van der Waals surface area contributed by atoms with Crippen LogP contribution in [0.15, 0.2) is 0 Å². The zero-order valence-corrected chi connectivity index (χ0v) is 7.94. The number of carboxylic acid groups (broad SMARTS) is 1. The summed E-state index contributed by atoms with van der Waals surface area (Å²) in [6.07, 6.45) is 0.411. The van der Waals surface area contributed by atoms with Crippen molar-refractivity contribution >= 4 is 5.97 Å². The first kappa shape index (κ1) is 13.3. The molecular formula is C8H17NO5. The molecule has 0 rings (SSSR count). The van der Waals surface area contributed by atoms with Gasteiger partial charge in [0.1, 0.15) is 0 Å². The fourth-order valence-corrected chi connectivity index (χ4v) is 1.21. The van der Waals surface area contributed by atoms with Gasteiger partial charge in [-0.1, -0.05) is 0 Å². The van der Waals surface area contributed by atoms with Gasteiger partial charge in [0.25, 0.3) is 0 Å². The number of carboxylic acids is 1. The summed E-state index contributed by atoms with van der Waals surface area (Å²) < 4.78 is 0. The fourth-order valence-electron chi connectivity index (χ4n) is 1.21. The number of aliphatic hydroxyl groups excluding tert-OH is 3. The highest BCUT2D eigenvalue weighted by Crippen LogP contribution is 2.13. The molecule has 0 aromatic rings. The van der Waals surface area contributed by atoms with Crippen LogP contribution in [0.25, 0.3) is 0 Å². The van der Waals surface area contributed by atoms with E-state index < -0.39 is 11.5 Å². The second kappa shape index (κ2) is 6.72. The van der Waals surface area contributed by atoms with Gasteiger partial charge in [-0.15, -0.1) is 0 Å². The molecule has 0 spiro atoms. The predicted molar refractivity (Wildman–Crippen MR) is 48.9 cm³/mol. The molecule has 0 amide bonds. The van der Waals surface area contributed by atoms with E-state index in [9.17, 15) is 4.79 Å². The van der Waals surface area contributed by atoms with Crippen LogP contribution in [-0.2, 0) is 4.79 Å². The number of nitrogens with one attached hydrogen (secondary N) is 1. The van der Waals surface area contributed by atoms with Gasteiger partial charge in [0.15, 0.2) is 0 Å². The minimum Gasteiger partial charge on any atom is -0.480 e. The topological polar surface area (TPSA) is 110 Å². The molecular weight excluding hydrogens is 190 g/mol. The van der Waals surface area contributed by atoms with Crippen molar-refractivity contribution in [1.29, 1.82) is 0 Å². The Balaban J connectivity index is 4.24. The molecule has 0 bridgehead atoms. The Bertz CT molecular complexity index is 167. The van der Waals surface area contributed by atoms with Crippen LogP contribution in [0.4, 0.5) is 0 Å². The molecule has 6 heteroatoms. The molecule has 0 fully saturated rings. The predicted octanol–water partition coefficient (Wildman–Crippen LogP) is -1.84. The molecule has 0 aromatic heterocycles. The molecule has 0 atom stereocenters. The van der Waals surface area contributed by atoms with Crippen molar-refractivity contribution in [2.24, 2.45) is 0 Å². The largest absolute Gasteiger partial charge is 0.480 e. The van der Waals surface area contributed by atoms with Crippen LogP contribution in [0, 0.1) is 0 Å². The Kier molecular flexibility index (Phi) is 6.39. The molecule has 5 N–H and O–H groups in total. The smallest absolute Gasteiger partial charge is 0.317 e. The SMILES string of the molecule is O=C(O)CNC(CO)(CCO)CCO. The highest BCUT2D eigenvalue weighted by Gasteiger charge is 2.28. The van der Waals surface area contributed by atoms with E-state index in [0.29, 0.717) is 0 Å². The molecule has 14 heavy (non-hydrogen) atoms. The van der Waals surface area contributed by atoms with Gasteiger partial charge in [0.2, 0.25) is 0 Å². The third-order valence-corrected chi connectivity index (χ3v) is 2.10. The maximum Gasteiger partial charge on any atom is 0.317 e. The van der Waals surface area contributed by atoms with Gasteiger partial charge in [0.05, 0.1) is 13.2 Å². The van der Waals surface area contributed by atoms with Gasteiger partial charge in [0, 0.05) is 18.8 Å². The summed E-state index contributed by atoms with van der Waals surface area (Å²) in [7, 11) is 0. The standard InChI is InChI=1S/C8H17NO5/c10-3-1-8(6-12,2-4-11)9-5-7(13)14/h9-12H,1-6H2,(H,13,14). The Morgan fingerprint density at radius 1 is 1.14 bits per heavy atom. The van der Waals surface area contributed by atoms with E-state index in [2.05, 4.69) is 5.32 Å². The third kappa shape index (κ3) is 4.52. The maximum atomic E-state index is 10.3. The summed E-state index contributed by atoms with van der Waals surface area (Å²) in [5.41, 5.74) is -0.901. The molecule has 0 aromatic carbocycles. The summed E-state index contributed by atoms with van der Waals surface area (Å²) in [6, 6.07) is 0. The first-order chi connectivity index (χ1) is 6.60. The van der Waals surface area contributed by atoms with Crippen LogP contribution in [-0.4, -0.2) is 58.3 Å². The molecule has 0 heterocycles. The first-order valence-corrected chi connectivity index (χ1v) is 4.39. The number of aliphatic carboxylic acids is 1. The molecule has 0 unspecified atom stereocenters. The average molecular weight is 207 g/mol. The lowest BCUT2D eigenvalue weighted by Gasteiger charge is -2.31. The average Bonchev–Trinajstić information content (AvgIpc) is 2.15. The quantitative estimate of drug-likeness (QED) is 0.320. The molecule has 0 aliphatic heterocycles. The molecule has 0 aliphatic carbocycles. The zero-order valence-electron chi connectivity index (χ0n) is 7.94. The van der Waals surface area contributed by atoms with Crippen LogP contribution in [0.3, 0.4) is 0 Å². The van der Waals surface area contributed by atoms with Gasteiger partial charge >= 0.3 is 5.97 Å². The lowest BCUT2D eigenvalue weighted by Crippen LogP contribution is -2.51. The van der Waals surface area contributed by atoms with Crippen molar-refractivity contribution in [2.45, 2.75) is 18.4 Å². The minimum absolute atomic E-state index is 0.173. The maximum absolute atomic E-state index is 10.3. The van der Waals surface area contributed by atoms with Gasteiger partial charge in [-0.2, -0.15) is 0 Å². The van der Waals surface area contributed by atoms with Gasteiger partial charge in [-0.05, 0) is 12.8 Å². The normalized spacial score (nSPS) is 11.6. The Morgan fingerprint density at radius 3 is 1.93 bits per heavy atom. The van der Waals surface area contributed by atoms with Gasteiger partial charge in [-0.25, -0.2) is 0 Å². The highest BCUT2D eigenvalue weighted by molar-refractivity contribution is 5.69. The minimum atomic E-state index is -1.04. The van der Waals surface area contributed by atoms with Crippen molar-refractivity contribution in [3.8, 4) is 0 Å². The highest BCUT2D eigenvalue weighted by atomic mass is 16.4. The van der Waals surface area contributed by atoms with E-state index >= 15 is 0 Å². The summed E-state index contributed by atoms with van der Waals surface area (Å²) in [5, 5.41) is 37.6. The van der Waals surface area contributed by atoms with Crippen molar-refractivity contribution < 1.29 is 25.2 Å². The molecule has 0 aliphatic rings. The van der Waals surface area contributed by atoms with Crippen LogP contribution in [0.1, 0.15) is 12.8 Å². The van der Waals surface area contributed by atoms with Crippen molar-refractivity contribution in [2.75, 3.05) is 26.4 Å². The molecule has 0 saturated heterocycles. The number of carbonyl (C=O) groups is 1. The monoisotopic (exact) mass is 207 g/mol. The van der Waals surface area contributed by atoms with E-state index in [0.717, 1.165) is 0 Å². The van der Waals surface area contributed by atoms with E-state index in [4.69, 9.17) is 20.4 Å². The first-order valence-electron chi connectivity index (χ1n) is 4.39. The third-order valence-electron chi connectivity index (χ3n) is 2.10. The Hall–Kier alpha value is -0.690. The van der Waals surface area contributed by atoms with Crippen LogP contribution in [0.2, 0.25) is 0 Å². The Labute approximate surface area is 82.2 Å². The molecule has 84 valence electrons. The van der Waals surface area contributed by atoms with Crippen molar-refractivity contribution in [3.63, 3.8) is 0 Å². The number of aliphatic hydroxyl groups is 3. The number of rotatable bonds is 8. The van der Waals surface area contributed by atoms with Gasteiger partial charge < -0.3 is 20.4 Å². The van der Waals surface area contributed by atoms with Crippen molar-refractivity contribution in [1.82, 2.24) is 5.32 Å². The number of hydrogen-bond donors (Lipinski definition) is 5. The van der Waals surface area contributed by atoms with Gasteiger partial charge in [-0.3, -0.25) is 10.1 Å². The van der Waals surface area contributed by atoms with Crippen LogP contribution in [0.5, 0.6) is 0 Å². The van der Waals surface area contributed by atoms with E-state index in [1.54, 1.807) is 0 Å². The van der Waals surface area contributed by atoms with Crippen molar-refractivity contribution in [3.05, 3.63) is 0 Å². The molecule has 0 saturated carbocycles. The molecule has 6 nitrogen and oxygen atoms in total. The fraction of sp³-hybridized carbons (Fsp3) is 0.875. The van der Waals surface area contributed by atoms with E-state index in [-0.39, 0.29) is 39.2 Å².